The number of hydrogen-bond donors (Lipinski definition) is 6. The van der Waals surface area contributed by atoms with E-state index in [4.69, 9.17) is 5.73 Å². The first-order valence-corrected chi connectivity index (χ1v) is 11.3. The molecule has 1 fully saturated rings. The minimum absolute atomic E-state index is 0.100. The molecule has 29 heavy (non-hydrogen) atoms. The third-order valence-electron chi connectivity index (χ3n) is 4.64. The Hall–Kier alpha value is -1.50. The monoisotopic (exact) mass is 450 g/mol. The molecule has 0 aliphatic carbocycles. The number of aliphatic carboxylic acids is 1. The van der Waals surface area contributed by atoms with Crippen LogP contribution in [0.25, 0.3) is 0 Å². The number of rotatable bonds is 11. The van der Waals surface area contributed by atoms with Crippen molar-refractivity contribution in [3.05, 3.63) is 0 Å². The molecule has 3 amide bonds. The molecule has 0 aromatic rings. The zero-order valence-electron chi connectivity index (χ0n) is 16.5. The minimum Gasteiger partial charge on any atom is -0.480 e. The number of carbonyl (C=O) groups is 4. The van der Waals surface area contributed by atoms with E-state index in [2.05, 4.69) is 23.3 Å². The fourth-order valence-electron chi connectivity index (χ4n) is 2.97. The van der Waals surface area contributed by atoms with Gasteiger partial charge in [-0.25, -0.2) is 4.79 Å². The Morgan fingerprint density at radius 2 is 1.93 bits per heavy atom. The van der Waals surface area contributed by atoms with Crippen molar-refractivity contribution in [2.75, 3.05) is 24.3 Å². The van der Waals surface area contributed by atoms with Gasteiger partial charge in [-0.3, -0.25) is 14.4 Å². The number of nitrogens with one attached hydrogen (secondary N) is 2. The van der Waals surface area contributed by atoms with Crippen LogP contribution in [-0.2, 0) is 19.2 Å². The molecule has 1 saturated heterocycles. The van der Waals surface area contributed by atoms with Crippen LogP contribution in [0.3, 0.4) is 0 Å². The van der Waals surface area contributed by atoms with Gasteiger partial charge in [0.25, 0.3) is 0 Å². The van der Waals surface area contributed by atoms with E-state index in [-0.39, 0.29) is 12.3 Å². The van der Waals surface area contributed by atoms with Gasteiger partial charge in [0, 0.05) is 12.3 Å². The van der Waals surface area contributed by atoms with Gasteiger partial charge in [0.05, 0.1) is 12.1 Å². The summed E-state index contributed by atoms with van der Waals surface area (Å²) in [6.45, 7) is 1.57. The Balaban J connectivity index is 2.92. The molecule has 166 valence electrons. The second-order valence-electron chi connectivity index (χ2n) is 6.89. The lowest BCUT2D eigenvalue weighted by Crippen LogP contribution is -2.60. The van der Waals surface area contributed by atoms with Crippen molar-refractivity contribution < 1.29 is 29.4 Å². The lowest BCUT2D eigenvalue weighted by Gasteiger charge is -2.30. The molecule has 1 aliphatic heterocycles. The fraction of sp³-hybridized carbons (Fsp3) is 0.765. The van der Waals surface area contributed by atoms with Crippen molar-refractivity contribution >= 4 is 48.1 Å². The molecule has 10 nitrogen and oxygen atoms in total. The number of nitrogens with zero attached hydrogens (tertiary/aromatic N) is 1. The maximum absolute atomic E-state index is 12.8. The third-order valence-corrected chi connectivity index (χ3v) is 5.68. The van der Waals surface area contributed by atoms with Crippen LogP contribution in [0.5, 0.6) is 0 Å². The number of likely N-dealkylation sites (tertiary alicyclic amines) is 1. The molecule has 0 saturated carbocycles. The normalized spacial score (nSPS) is 20.4. The molecule has 1 aliphatic rings. The standard InChI is InChI=1S/C17H30N4O6S2/c1-9(22)13(16(25)21-6-3-4-12(21)17(26)27)20-15(24)11(5-7-29-2)19-14(23)10(18)8-28/h9-13,22,28H,3-8,18H2,1-2H3,(H,19,23)(H,20,24)(H,26,27). The van der Waals surface area contributed by atoms with Crippen molar-refractivity contribution in [3.8, 4) is 0 Å². The number of thioether (sulfide) groups is 1. The molecule has 0 aromatic carbocycles. The van der Waals surface area contributed by atoms with Crippen LogP contribution in [0.1, 0.15) is 26.2 Å². The third kappa shape index (κ3) is 7.36. The maximum Gasteiger partial charge on any atom is 0.326 e. The summed E-state index contributed by atoms with van der Waals surface area (Å²) < 4.78 is 0. The van der Waals surface area contributed by atoms with Gasteiger partial charge in [-0.1, -0.05) is 0 Å². The summed E-state index contributed by atoms with van der Waals surface area (Å²) in [5, 5.41) is 24.3. The highest BCUT2D eigenvalue weighted by molar-refractivity contribution is 7.98. The van der Waals surface area contributed by atoms with Crippen molar-refractivity contribution in [2.45, 2.75) is 56.5 Å². The highest BCUT2D eigenvalue weighted by atomic mass is 32.2. The number of aliphatic hydroxyl groups excluding tert-OH is 1. The Morgan fingerprint density at radius 3 is 2.45 bits per heavy atom. The molecular formula is C17H30N4O6S2. The summed E-state index contributed by atoms with van der Waals surface area (Å²) in [4.78, 5) is 50.2. The predicted molar refractivity (Wildman–Crippen MR) is 113 cm³/mol. The number of carboxylic acids is 1. The van der Waals surface area contributed by atoms with Crippen LogP contribution >= 0.6 is 24.4 Å². The number of amides is 3. The number of hydrogen-bond acceptors (Lipinski definition) is 8. The zero-order chi connectivity index (χ0) is 22.1. The minimum atomic E-state index is -1.32. The summed E-state index contributed by atoms with van der Waals surface area (Å²) in [5.74, 6) is -2.33. The van der Waals surface area contributed by atoms with E-state index in [9.17, 15) is 29.4 Å². The lowest BCUT2D eigenvalue weighted by atomic mass is 10.1. The highest BCUT2D eigenvalue weighted by Crippen LogP contribution is 2.19. The number of carboxylic acid groups (broad SMARTS) is 1. The second-order valence-corrected chi connectivity index (χ2v) is 8.24. The maximum atomic E-state index is 12.8. The van der Waals surface area contributed by atoms with Crippen LogP contribution < -0.4 is 16.4 Å². The van der Waals surface area contributed by atoms with Gasteiger partial charge in [-0.2, -0.15) is 24.4 Å². The molecule has 0 bridgehead atoms. The quantitative estimate of drug-likeness (QED) is 0.206. The van der Waals surface area contributed by atoms with Crippen LogP contribution in [-0.4, -0.2) is 93.4 Å². The second kappa shape index (κ2) is 12.3. The summed E-state index contributed by atoms with van der Waals surface area (Å²) >= 11 is 5.44. The molecule has 0 spiro atoms. The van der Waals surface area contributed by atoms with Gasteiger partial charge < -0.3 is 31.5 Å². The average Bonchev–Trinajstić information content (AvgIpc) is 3.17. The van der Waals surface area contributed by atoms with Crippen molar-refractivity contribution in [3.63, 3.8) is 0 Å². The topological polar surface area (TPSA) is 162 Å². The van der Waals surface area contributed by atoms with E-state index in [1.165, 1.54) is 18.7 Å². The summed E-state index contributed by atoms with van der Waals surface area (Å²) in [5.41, 5.74) is 5.64. The van der Waals surface area contributed by atoms with Crippen molar-refractivity contribution in [2.24, 2.45) is 5.73 Å². The van der Waals surface area contributed by atoms with Gasteiger partial charge >= 0.3 is 5.97 Å². The van der Waals surface area contributed by atoms with Crippen LogP contribution in [0.2, 0.25) is 0 Å². The van der Waals surface area contributed by atoms with Gasteiger partial charge in [-0.05, 0) is 38.2 Å². The summed E-state index contributed by atoms with van der Waals surface area (Å²) in [7, 11) is 0. The summed E-state index contributed by atoms with van der Waals surface area (Å²) in [6.07, 6.45) is 1.73. The van der Waals surface area contributed by atoms with E-state index in [1.807, 2.05) is 6.26 Å². The van der Waals surface area contributed by atoms with Gasteiger partial charge in [0.2, 0.25) is 17.7 Å². The van der Waals surface area contributed by atoms with Crippen molar-refractivity contribution in [1.82, 2.24) is 15.5 Å². The molecule has 6 N–H and O–H groups in total. The molecule has 0 radical (unpaired) electrons. The fourth-order valence-corrected chi connectivity index (χ4v) is 3.61. The van der Waals surface area contributed by atoms with Gasteiger partial charge in [0.1, 0.15) is 18.1 Å². The molecule has 12 heteroatoms. The van der Waals surface area contributed by atoms with Crippen LogP contribution in [0, 0.1) is 0 Å². The first kappa shape index (κ1) is 25.5. The van der Waals surface area contributed by atoms with Crippen molar-refractivity contribution in [1.29, 1.82) is 0 Å². The van der Waals surface area contributed by atoms with E-state index in [0.717, 1.165) is 4.90 Å². The zero-order valence-corrected chi connectivity index (χ0v) is 18.2. The average molecular weight is 451 g/mol. The largest absolute Gasteiger partial charge is 0.480 e. The van der Waals surface area contributed by atoms with E-state index >= 15 is 0 Å². The first-order chi connectivity index (χ1) is 13.6. The molecule has 5 atom stereocenters. The van der Waals surface area contributed by atoms with Gasteiger partial charge in [-0.15, -0.1) is 0 Å². The SMILES string of the molecule is CSCCC(NC(=O)C(N)CS)C(=O)NC(C(=O)N1CCCC1C(=O)O)C(C)O. The number of aliphatic hydroxyl groups is 1. The Kier molecular flexibility index (Phi) is 10.8. The highest BCUT2D eigenvalue weighted by Gasteiger charge is 2.39. The number of thiol groups is 1. The van der Waals surface area contributed by atoms with E-state index in [1.54, 1.807) is 0 Å². The Morgan fingerprint density at radius 1 is 1.28 bits per heavy atom. The Labute approximate surface area is 179 Å². The summed E-state index contributed by atoms with van der Waals surface area (Å²) in [6, 6.07) is -4.16. The molecule has 1 rings (SSSR count). The van der Waals surface area contributed by atoms with Gasteiger partial charge in [0.15, 0.2) is 0 Å². The van der Waals surface area contributed by atoms with E-state index in [0.29, 0.717) is 25.0 Å². The molecule has 1 heterocycles. The van der Waals surface area contributed by atoms with Crippen LogP contribution in [0.4, 0.5) is 0 Å². The smallest absolute Gasteiger partial charge is 0.326 e. The van der Waals surface area contributed by atoms with E-state index < -0.39 is 54.0 Å². The lowest BCUT2D eigenvalue weighted by molar-refractivity contribution is -0.150. The number of nitrogens with two attached hydrogens (primary N) is 1. The predicted octanol–water partition coefficient (Wildman–Crippen LogP) is -1.58. The molecular weight excluding hydrogens is 420 g/mol. The van der Waals surface area contributed by atoms with Crippen LogP contribution in [0.15, 0.2) is 0 Å². The first-order valence-electron chi connectivity index (χ1n) is 9.31. The Bertz CT molecular complexity index is 606. The molecule has 0 aromatic heterocycles. The number of carbonyl (C=O) groups excluding carboxylic acids is 3. The molecule has 5 unspecified atom stereocenters.